The van der Waals surface area contributed by atoms with Crippen LogP contribution in [0, 0.1) is 0 Å². The van der Waals surface area contributed by atoms with Gasteiger partial charge in [0.2, 0.25) is 0 Å². The Morgan fingerprint density at radius 1 is 0.771 bits per heavy atom. The van der Waals surface area contributed by atoms with E-state index in [-0.39, 0.29) is 19.5 Å². The molecule has 0 fully saturated rings. The molecule has 4 heteroatoms. The summed E-state index contributed by atoms with van der Waals surface area (Å²) in [6.45, 7) is 13.9. The fraction of sp³-hybridized carbons (Fsp3) is 0.323. The molecule has 0 saturated carbocycles. The molecule has 0 aliphatic carbocycles. The Bertz CT molecular complexity index is 1040. The Balaban J connectivity index is 0.00000432. The van der Waals surface area contributed by atoms with Crippen molar-refractivity contribution >= 4 is 29.9 Å². The second-order valence-corrected chi connectivity index (χ2v) is 11.7. The number of nitrogens with zero attached hydrogens (tertiary/aromatic N) is 2. The normalized spacial score (nSPS) is 12.3. The number of aliphatic imine (C=N–C) groups is 1. The Morgan fingerprint density at radius 2 is 1.26 bits per heavy atom. The summed E-state index contributed by atoms with van der Waals surface area (Å²) in [5.41, 5.74) is 5.79. The first-order chi connectivity index (χ1) is 16.4. The van der Waals surface area contributed by atoms with Crippen molar-refractivity contribution < 1.29 is 19.5 Å². The molecule has 0 atom stereocenters. The van der Waals surface area contributed by atoms with Crippen LogP contribution in [0.15, 0.2) is 95.6 Å². The maximum atomic E-state index is 5.06. The Hall–Kier alpha value is -2.08. The van der Waals surface area contributed by atoms with Crippen LogP contribution in [0.25, 0.3) is 5.32 Å². The predicted octanol–water partition coefficient (Wildman–Crippen LogP) is 8.17. The second kappa shape index (κ2) is 14.5. The molecule has 0 spiro atoms. The summed E-state index contributed by atoms with van der Waals surface area (Å²) in [4.78, 5) is 5.06. The van der Waals surface area contributed by atoms with E-state index in [1.54, 1.807) is 0 Å². The zero-order valence-electron chi connectivity index (χ0n) is 22.5. The monoisotopic (exact) mass is 534 g/mol. The van der Waals surface area contributed by atoms with Gasteiger partial charge < -0.3 is 5.32 Å². The molecule has 0 heterocycles. The van der Waals surface area contributed by atoms with Gasteiger partial charge in [0.25, 0.3) is 0 Å². The molecule has 0 aliphatic heterocycles. The second-order valence-electron chi connectivity index (χ2n) is 9.34. The molecular formula is C31H39N2PZn. The fourth-order valence-corrected chi connectivity index (χ4v) is 6.33. The van der Waals surface area contributed by atoms with Crippen molar-refractivity contribution in [3.63, 3.8) is 0 Å². The molecule has 0 bridgehead atoms. The molecule has 1 radical (unpaired) electrons. The quantitative estimate of drug-likeness (QED) is 0.142. The summed E-state index contributed by atoms with van der Waals surface area (Å²) < 4.78 is 0. The summed E-state index contributed by atoms with van der Waals surface area (Å²) in [6, 6.07) is 28.3. The van der Waals surface area contributed by atoms with Gasteiger partial charge in [-0.15, -0.1) is 6.54 Å². The minimum absolute atomic E-state index is 0. The van der Waals surface area contributed by atoms with Gasteiger partial charge in [0.05, 0.1) is 5.69 Å². The molecule has 0 aliphatic rings. The Labute approximate surface area is 226 Å². The molecule has 2 nitrogen and oxygen atoms in total. The number of para-hydroxylation sites is 1. The van der Waals surface area contributed by atoms with Crippen LogP contribution in [0.3, 0.4) is 0 Å². The van der Waals surface area contributed by atoms with Crippen molar-refractivity contribution in [2.24, 2.45) is 4.99 Å². The molecule has 0 amide bonds. The van der Waals surface area contributed by atoms with Crippen molar-refractivity contribution in [2.45, 2.75) is 53.4 Å². The van der Waals surface area contributed by atoms with E-state index >= 15 is 0 Å². The van der Waals surface area contributed by atoms with Gasteiger partial charge in [-0.3, -0.25) is 4.99 Å². The first kappa shape index (κ1) is 29.2. The van der Waals surface area contributed by atoms with Crippen LogP contribution in [0.1, 0.15) is 64.5 Å². The SMILES string of the molecule is CC(/C=C(/C)[N-]CCP(c1ccccc1)c1ccccc1)=Nc1c(C(C)C)cccc1C(C)C.[ZnH+]. The zero-order valence-corrected chi connectivity index (χ0v) is 27.6. The van der Waals surface area contributed by atoms with Gasteiger partial charge in [0, 0.05) is 5.71 Å². The maximum absolute atomic E-state index is 5.06. The van der Waals surface area contributed by atoms with E-state index in [9.17, 15) is 0 Å². The standard InChI is InChI=1S/C31H38N2P.Zn.H/c1-23(2)29-18-13-19-30(24(3)4)31(29)33-26(6)22-25(5)32-20-21-34(27-14-9-7-10-15-27)28-16-11-8-12-17-28;;/h7-19,22-24H,20-21H2,1-6H3;;/q-1;+1;/b25-22-,33-26?;;. The minimum atomic E-state index is -0.416. The van der Waals surface area contributed by atoms with E-state index in [0.29, 0.717) is 11.8 Å². The molecule has 35 heavy (non-hydrogen) atoms. The van der Waals surface area contributed by atoms with Gasteiger partial charge in [0.1, 0.15) is 0 Å². The summed E-state index contributed by atoms with van der Waals surface area (Å²) in [7, 11) is -0.416. The molecule has 0 aromatic heterocycles. The van der Waals surface area contributed by atoms with E-state index in [4.69, 9.17) is 10.3 Å². The van der Waals surface area contributed by atoms with E-state index in [1.165, 1.54) is 21.7 Å². The average molecular weight is 536 g/mol. The summed E-state index contributed by atoms with van der Waals surface area (Å²) in [5, 5.41) is 7.72. The van der Waals surface area contributed by atoms with Crippen LogP contribution < -0.4 is 10.6 Å². The third-order valence-electron chi connectivity index (χ3n) is 5.87. The fourth-order valence-electron chi connectivity index (χ4n) is 4.15. The van der Waals surface area contributed by atoms with Crippen LogP contribution >= 0.6 is 7.92 Å². The third-order valence-corrected chi connectivity index (χ3v) is 8.36. The number of hydrogen-bond donors (Lipinski definition) is 0. The molecule has 0 unspecified atom stereocenters. The van der Waals surface area contributed by atoms with Crippen molar-refractivity contribution in [1.29, 1.82) is 0 Å². The van der Waals surface area contributed by atoms with E-state index in [2.05, 4.69) is 126 Å². The Kier molecular flexibility index (Phi) is 12.1. The van der Waals surface area contributed by atoms with Crippen molar-refractivity contribution in [3.8, 4) is 0 Å². The third kappa shape index (κ3) is 8.52. The summed E-state index contributed by atoms with van der Waals surface area (Å²) in [6.07, 6.45) is 3.16. The molecule has 180 valence electrons. The van der Waals surface area contributed by atoms with Crippen LogP contribution in [-0.4, -0.2) is 18.4 Å². The zero-order chi connectivity index (χ0) is 24.5. The van der Waals surface area contributed by atoms with E-state index < -0.39 is 7.92 Å². The average Bonchev–Trinajstić information content (AvgIpc) is 2.82. The number of hydrogen-bond acceptors (Lipinski definition) is 1. The van der Waals surface area contributed by atoms with Gasteiger partial charge >= 0.3 is 19.5 Å². The van der Waals surface area contributed by atoms with Gasteiger partial charge in [-0.2, -0.15) is 5.70 Å². The van der Waals surface area contributed by atoms with Gasteiger partial charge in [0.15, 0.2) is 0 Å². The first-order valence-electron chi connectivity index (χ1n) is 12.3. The van der Waals surface area contributed by atoms with Crippen molar-refractivity contribution in [3.05, 3.63) is 107 Å². The van der Waals surface area contributed by atoms with E-state index in [1.807, 2.05) is 0 Å². The predicted molar refractivity (Wildman–Crippen MR) is 155 cm³/mol. The molecule has 0 saturated heterocycles. The van der Waals surface area contributed by atoms with Crippen molar-refractivity contribution in [1.82, 2.24) is 0 Å². The van der Waals surface area contributed by atoms with Crippen LogP contribution in [0.2, 0.25) is 0 Å². The van der Waals surface area contributed by atoms with Crippen molar-refractivity contribution in [2.75, 3.05) is 12.7 Å². The summed E-state index contributed by atoms with van der Waals surface area (Å²) >= 11 is 0. The molecule has 3 aromatic rings. The van der Waals surface area contributed by atoms with Gasteiger partial charge in [-0.25, -0.2) is 0 Å². The number of allylic oxidation sites excluding steroid dienone is 2. The topological polar surface area (TPSA) is 26.5 Å². The molecule has 3 aromatic carbocycles. The van der Waals surface area contributed by atoms with Crippen LogP contribution in [-0.2, 0) is 19.5 Å². The van der Waals surface area contributed by atoms with Gasteiger partial charge in [-0.05, 0) is 54.6 Å². The Morgan fingerprint density at radius 3 is 1.71 bits per heavy atom. The molecule has 3 rings (SSSR count). The number of benzene rings is 3. The van der Waals surface area contributed by atoms with Crippen LogP contribution in [0.5, 0.6) is 0 Å². The van der Waals surface area contributed by atoms with Gasteiger partial charge in [-0.1, -0.05) is 120 Å². The molecular weight excluding hydrogens is 497 g/mol. The molecule has 0 N–H and O–H groups in total. The van der Waals surface area contributed by atoms with Crippen LogP contribution in [0.4, 0.5) is 5.69 Å². The van der Waals surface area contributed by atoms with E-state index in [0.717, 1.165) is 29.8 Å². The first-order valence-corrected chi connectivity index (χ1v) is 13.8. The number of rotatable bonds is 10. The summed E-state index contributed by atoms with van der Waals surface area (Å²) in [5.74, 6) is 0.880.